The summed E-state index contributed by atoms with van der Waals surface area (Å²) < 4.78 is 0. The SMILES string of the molecule is CC(C)(CN)Nc1cc2nc[nH]c(=O)c2cc1[N+](=O)[O-]. The molecule has 0 aliphatic carbocycles. The third-order valence-electron chi connectivity index (χ3n) is 2.94. The summed E-state index contributed by atoms with van der Waals surface area (Å²) in [4.78, 5) is 28.7. The Morgan fingerprint density at radius 1 is 1.50 bits per heavy atom. The van der Waals surface area contributed by atoms with E-state index in [1.807, 2.05) is 13.8 Å². The number of nitrogens with two attached hydrogens (primary N) is 1. The molecular formula is C12H15N5O3. The molecule has 0 unspecified atom stereocenters. The van der Waals surface area contributed by atoms with Crippen LogP contribution in [0.15, 0.2) is 23.3 Å². The fraction of sp³-hybridized carbons (Fsp3) is 0.333. The first kappa shape index (κ1) is 13.9. The predicted molar refractivity (Wildman–Crippen MR) is 75.8 cm³/mol. The monoisotopic (exact) mass is 277 g/mol. The van der Waals surface area contributed by atoms with Gasteiger partial charge in [-0.3, -0.25) is 14.9 Å². The van der Waals surface area contributed by atoms with Gasteiger partial charge in [-0.1, -0.05) is 0 Å². The van der Waals surface area contributed by atoms with Crippen molar-refractivity contribution in [3.8, 4) is 0 Å². The summed E-state index contributed by atoms with van der Waals surface area (Å²) in [5.41, 5.74) is 5.17. The third-order valence-corrected chi connectivity index (χ3v) is 2.94. The molecule has 0 aliphatic rings. The van der Waals surface area contributed by atoms with Crippen molar-refractivity contribution in [2.75, 3.05) is 11.9 Å². The molecule has 1 aromatic carbocycles. The summed E-state index contributed by atoms with van der Waals surface area (Å²) in [6.45, 7) is 3.95. The van der Waals surface area contributed by atoms with Crippen LogP contribution in [0.2, 0.25) is 0 Å². The number of anilines is 1. The largest absolute Gasteiger partial charge is 0.373 e. The van der Waals surface area contributed by atoms with E-state index in [0.717, 1.165) is 0 Å². The van der Waals surface area contributed by atoms with Gasteiger partial charge in [0.15, 0.2) is 0 Å². The number of nitro benzene ring substituents is 1. The first-order valence-electron chi connectivity index (χ1n) is 5.98. The molecule has 0 bridgehead atoms. The van der Waals surface area contributed by atoms with Gasteiger partial charge in [-0.15, -0.1) is 0 Å². The Labute approximate surface area is 114 Å². The lowest BCUT2D eigenvalue weighted by atomic mass is 10.0. The lowest BCUT2D eigenvalue weighted by molar-refractivity contribution is -0.383. The molecule has 8 nitrogen and oxygen atoms in total. The Kier molecular flexibility index (Phi) is 3.41. The van der Waals surface area contributed by atoms with Crippen LogP contribution in [0.25, 0.3) is 10.9 Å². The van der Waals surface area contributed by atoms with Gasteiger partial charge in [0.25, 0.3) is 11.2 Å². The van der Waals surface area contributed by atoms with Gasteiger partial charge < -0.3 is 16.0 Å². The number of hydrogen-bond donors (Lipinski definition) is 3. The standard InChI is InChI=1S/C12H15N5O3/c1-12(2,5-13)16-9-4-8-7(3-10(9)17(19)20)11(18)15-6-14-8/h3-4,6,16H,5,13H2,1-2H3,(H,14,15,18). The van der Waals surface area contributed by atoms with Crippen molar-refractivity contribution in [2.24, 2.45) is 5.73 Å². The summed E-state index contributed by atoms with van der Waals surface area (Å²) in [5.74, 6) is 0. The lowest BCUT2D eigenvalue weighted by Gasteiger charge is -2.25. The molecule has 0 radical (unpaired) electrons. The van der Waals surface area contributed by atoms with Crippen molar-refractivity contribution in [1.82, 2.24) is 9.97 Å². The molecule has 0 saturated heterocycles. The zero-order valence-electron chi connectivity index (χ0n) is 11.1. The highest BCUT2D eigenvalue weighted by atomic mass is 16.6. The second-order valence-corrected chi connectivity index (χ2v) is 5.09. The molecule has 0 aliphatic heterocycles. The van der Waals surface area contributed by atoms with Crippen molar-refractivity contribution in [1.29, 1.82) is 0 Å². The molecule has 2 aromatic rings. The number of hydrogen-bond acceptors (Lipinski definition) is 6. The Bertz CT molecular complexity index is 723. The van der Waals surface area contributed by atoms with Gasteiger partial charge in [-0.05, 0) is 19.9 Å². The van der Waals surface area contributed by atoms with Gasteiger partial charge in [0.1, 0.15) is 5.69 Å². The highest BCUT2D eigenvalue weighted by Gasteiger charge is 2.22. The van der Waals surface area contributed by atoms with Crippen LogP contribution < -0.4 is 16.6 Å². The van der Waals surface area contributed by atoms with Crippen molar-refractivity contribution in [2.45, 2.75) is 19.4 Å². The molecule has 0 spiro atoms. The molecular weight excluding hydrogens is 262 g/mol. The number of aromatic nitrogens is 2. The van der Waals surface area contributed by atoms with E-state index in [4.69, 9.17) is 5.73 Å². The van der Waals surface area contributed by atoms with Gasteiger partial charge in [-0.25, -0.2) is 4.98 Å². The average Bonchev–Trinajstić information content (AvgIpc) is 2.37. The van der Waals surface area contributed by atoms with Crippen LogP contribution in [0.5, 0.6) is 0 Å². The van der Waals surface area contributed by atoms with Crippen LogP contribution in [0.3, 0.4) is 0 Å². The first-order valence-corrected chi connectivity index (χ1v) is 5.98. The minimum absolute atomic E-state index is 0.176. The molecule has 1 heterocycles. The Morgan fingerprint density at radius 3 is 2.80 bits per heavy atom. The van der Waals surface area contributed by atoms with E-state index in [0.29, 0.717) is 12.1 Å². The van der Waals surface area contributed by atoms with Gasteiger partial charge in [-0.2, -0.15) is 0 Å². The second kappa shape index (κ2) is 4.89. The van der Waals surface area contributed by atoms with Crippen LogP contribution in [0, 0.1) is 10.1 Å². The summed E-state index contributed by atoms with van der Waals surface area (Å²) in [7, 11) is 0. The Balaban J connectivity index is 2.66. The third kappa shape index (κ3) is 2.59. The van der Waals surface area contributed by atoms with Crippen molar-refractivity contribution < 1.29 is 4.92 Å². The molecule has 4 N–H and O–H groups in total. The number of nitro groups is 1. The number of H-pyrrole nitrogens is 1. The topological polar surface area (TPSA) is 127 Å². The van der Waals surface area contributed by atoms with E-state index in [1.165, 1.54) is 18.5 Å². The van der Waals surface area contributed by atoms with Crippen molar-refractivity contribution in [3.63, 3.8) is 0 Å². The normalized spacial score (nSPS) is 11.6. The van der Waals surface area contributed by atoms with Gasteiger partial charge in [0.2, 0.25) is 0 Å². The van der Waals surface area contributed by atoms with E-state index in [9.17, 15) is 14.9 Å². The van der Waals surface area contributed by atoms with Crippen LogP contribution in [0.4, 0.5) is 11.4 Å². The predicted octanol–water partition coefficient (Wildman–Crippen LogP) is 0.980. The maximum atomic E-state index is 11.6. The van der Waals surface area contributed by atoms with E-state index < -0.39 is 16.0 Å². The second-order valence-electron chi connectivity index (χ2n) is 5.09. The number of fused-ring (bicyclic) bond motifs is 1. The molecule has 2 rings (SSSR count). The summed E-state index contributed by atoms with van der Waals surface area (Å²) >= 11 is 0. The fourth-order valence-corrected chi connectivity index (χ4v) is 1.77. The molecule has 8 heteroatoms. The maximum absolute atomic E-state index is 11.6. The van der Waals surface area contributed by atoms with E-state index in [1.54, 1.807) is 0 Å². The summed E-state index contributed by atoms with van der Waals surface area (Å²) in [5, 5.41) is 14.3. The highest BCUT2D eigenvalue weighted by molar-refractivity contribution is 5.86. The Hall–Kier alpha value is -2.48. The van der Waals surface area contributed by atoms with E-state index in [-0.39, 0.29) is 16.8 Å². The Morgan fingerprint density at radius 2 is 2.20 bits per heavy atom. The maximum Gasteiger partial charge on any atom is 0.293 e. The van der Waals surface area contributed by atoms with Crippen LogP contribution >= 0.6 is 0 Å². The average molecular weight is 277 g/mol. The van der Waals surface area contributed by atoms with Crippen LogP contribution in [-0.2, 0) is 0 Å². The zero-order chi connectivity index (χ0) is 14.9. The highest BCUT2D eigenvalue weighted by Crippen LogP contribution is 2.29. The van der Waals surface area contributed by atoms with E-state index >= 15 is 0 Å². The number of benzene rings is 1. The lowest BCUT2D eigenvalue weighted by Crippen LogP contribution is -2.39. The first-order chi connectivity index (χ1) is 9.34. The molecule has 0 amide bonds. The minimum Gasteiger partial charge on any atom is -0.373 e. The quantitative estimate of drug-likeness (QED) is 0.564. The molecule has 0 fully saturated rings. The summed E-state index contributed by atoms with van der Waals surface area (Å²) in [6.07, 6.45) is 1.26. The van der Waals surface area contributed by atoms with Crippen molar-refractivity contribution in [3.05, 3.63) is 38.9 Å². The number of nitrogens with one attached hydrogen (secondary N) is 2. The van der Waals surface area contributed by atoms with E-state index in [2.05, 4.69) is 15.3 Å². The smallest absolute Gasteiger partial charge is 0.293 e. The van der Waals surface area contributed by atoms with Gasteiger partial charge in [0.05, 0.1) is 22.2 Å². The number of nitrogens with zero attached hydrogens (tertiary/aromatic N) is 2. The molecule has 0 atom stereocenters. The van der Waals surface area contributed by atoms with Crippen molar-refractivity contribution >= 4 is 22.3 Å². The fourth-order valence-electron chi connectivity index (χ4n) is 1.77. The molecule has 106 valence electrons. The van der Waals surface area contributed by atoms with Gasteiger partial charge >= 0.3 is 0 Å². The molecule has 20 heavy (non-hydrogen) atoms. The minimum atomic E-state index is -0.541. The molecule has 1 aromatic heterocycles. The zero-order valence-corrected chi connectivity index (χ0v) is 11.1. The summed E-state index contributed by atoms with van der Waals surface area (Å²) in [6, 6.07) is 2.70. The van der Waals surface area contributed by atoms with Crippen LogP contribution in [0.1, 0.15) is 13.8 Å². The number of rotatable bonds is 4. The van der Waals surface area contributed by atoms with Gasteiger partial charge in [0, 0.05) is 18.2 Å². The van der Waals surface area contributed by atoms with Crippen LogP contribution in [-0.4, -0.2) is 27.0 Å². The number of aromatic amines is 1. The molecule has 0 saturated carbocycles.